The Morgan fingerprint density at radius 1 is 1.37 bits per heavy atom. The van der Waals surface area contributed by atoms with E-state index in [0.29, 0.717) is 24.4 Å². The van der Waals surface area contributed by atoms with Crippen molar-refractivity contribution in [2.45, 2.75) is 43.7 Å². The molecular weight excluding hydrogens is 362 g/mol. The number of hydrogen-bond donors (Lipinski definition) is 2. The monoisotopic (exact) mass is 385 g/mol. The highest BCUT2D eigenvalue weighted by Crippen LogP contribution is 2.45. The van der Waals surface area contributed by atoms with E-state index in [2.05, 4.69) is 26.3 Å². The molecule has 7 nitrogen and oxygen atoms in total. The standard InChI is InChI=1S/C19H23N5O2S/c20-15-3-7-21-18(23-15)24-8-5-19(6-9-24)16-12(4-10-26-19)11-14(27-16)17(25)22-13-1-2-13/h3,7,11,13H,1-2,4-6,8-10H2,(H,22,25)(H2,20,21,23). The lowest BCUT2D eigenvalue weighted by Gasteiger charge is -2.43. The fourth-order valence-corrected chi connectivity index (χ4v) is 5.29. The number of carbonyl (C=O) groups is 1. The van der Waals surface area contributed by atoms with Crippen LogP contribution in [0.15, 0.2) is 18.3 Å². The van der Waals surface area contributed by atoms with E-state index < -0.39 is 0 Å². The topological polar surface area (TPSA) is 93.4 Å². The van der Waals surface area contributed by atoms with E-state index in [1.165, 1.54) is 10.4 Å². The zero-order chi connectivity index (χ0) is 18.4. The third-order valence-corrected chi connectivity index (χ3v) is 6.99. The third-order valence-electron chi connectivity index (χ3n) is 5.63. The second-order valence-corrected chi connectivity index (χ2v) is 8.63. The van der Waals surface area contributed by atoms with Crippen LogP contribution < -0.4 is 16.0 Å². The Morgan fingerprint density at radius 3 is 2.93 bits per heavy atom. The number of hydrogen-bond acceptors (Lipinski definition) is 7. The summed E-state index contributed by atoms with van der Waals surface area (Å²) < 4.78 is 6.31. The number of nitrogens with zero attached hydrogens (tertiary/aromatic N) is 3. The first kappa shape index (κ1) is 16.9. The molecule has 27 heavy (non-hydrogen) atoms. The van der Waals surface area contributed by atoms with Crippen LogP contribution in [-0.4, -0.2) is 41.6 Å². The first-order chi connectivity index (χ1) is 13.1. The molecule has 1 amide bonds. The zero-order valence-electron chi connectivity index (χ0n) is 15.1. The van der Waals surface area contributed by atoms with Gasteiger partial charge in [-0.05, 0) is 49.8 Å². The number of rotatable bonds is 3. The molecule has 1 saturated heterocycles. The molecule has 8 heteroatoms. The molecular formula is C19H23N5O2S. The average molecular weight is 385 g/mol. The average Bonchev–Trinajstić information content (AvgIpc) is 3.37. The van der Waals surface area contributed by atoms with Crippen LogP contribution in [0.3, 0.4) is 0 Å². The first-order valence-electron chi connectivity index (χ1n) is 9.54. The van der Waals surface area contributed by atoms with E-state index in [1.54, 1.807) is 23.6 Å². The molecule has 2 fully saturated rings. The van der Waals surface area contributed by atoms with Gasteiger partial charge in [-0.2, -0.15) is 4.98 Å². The number of fused-ring (bicyclic) bond motifs is 2. The van der Waals surface area contributed by atoms with E-state index in [-0.39, 0.29) is 11.5 Å². The van der Waals surface area contributed by atoms with Crippen LogP contribution in [0.2, 0.25) is 0 Å². The van der Waals surface area contributed by atoms with Crippen molar-refractivity contribution in [3.05, 3.63) is 33.6 Å². The van der Waals surface area contributed by atoms with Crippen LogP contribution in [0.1, 0.15) is 45.8 Å². The predicted octanol–water partition coefficient (Wildman–Crippen LogP) is 2.08. The maximum Gasteiger partial charge on any atom is 0.261 e. The molecule has 4 heterocycles. The highest BCUT2D eigenvalue weighted by atomic mass is 32.1. The van der Waals surface area contributed by atoms with E-state index in [9.17, 15) is 4.79 Å². The molecule has 1 saturated carbocycles. The Hall–Kier alpha value is -2.19. The molecule has 3 N–H and O–H groups in total. The molecule has 5 rings (SSSR count). The van der Waals surface area contributed by atoms with Gasteiger partial charge >= 0.3 is 0 Å². The molecule has 2 aliphatic heterocycles. The summed E-state index contributed by atoms with van der Waals surface area (Å²) in [5.41, 5.74) is 6.79. The summed E-state index contributed by atoms with van der Waals surface area (Å²) in [4.78, 5) is 25.4. The summed E-state index contributed by atoms with van der Waals surface area (Å²) in [6.07, 6.45) is 6.51. The number of nitrogens with one attached hydrogen (secondary N) is 1. The van der Waals surface area contributed by atoms with E-state index >= 15 is 0 Å². The van der Waals surface area contributed by atoms with Gasteiger partial charge in [-0.1, -0.05) is 0 Å². The molecule has 0 bridgehead atoms. The van der Waals surface area contributed by atoms with E-state index in [4.69, 9.17) is 10.5 Å². The third kappa shape index (κ3) is 3.17. The number of carbonyl (C=O) groups excluding carboxylic acids is 1. The smallest absolute Gasteiger partial charge is 0.261 e. The SMILES string of the molecule is Nc1ccnc(N2CCC3(CC2)OCCc2cc(C(=O)NC4CC4)sc23)n1. The molecule has 0 unspecified atom stereocenters. The lowest BCUT2D eigenvalue weighted by atomic mass is 9.85. The lowest BCUT2D eigenvalue weighted by molar-refractivity contribution is -0.0736. The minimum atomic E-state index is -0.285. The van der Waals surface area contributed by atoms with Gasteiger partial charge in [0.1, 0.15) is 11.4 Å². The molecule has 0 atom stereocenters. The van der Waals surface area contributed by atoms with Crippen molar-refractivity contribution in [3.63, 3.8) is 0 Å². The zero-order valence-corrected chi connectivity index (χ0v) is 15.9. The summed E-state index contributed by atoms with van der Waals surface area (Å²) in [6, 6.07) is 4.16. The molecule has 2 aromatic rings. The van der Waals surface area contributed by atoms with Crippen LogP contribution in [0.4, 0.5) is 11.8 Å². The second kappa shape index (κ2) is 6.45. The normalized spacial score (nSPS) is 21.1. The van der Waals surface area contributed by atoms with Crippen molar-refractivity contribution in [3.8, 4) is 0 Å². The van der Waals surface area contributed by atoms with Crippen molar-refractivity contribution in [2.24, 2.45) is 0 Å². The van der Waals surface area contributed by atoms with Crippen molar-refractivity contribution in [1.29, 1.82) is 0 Å². The Labute approximate surface area is 161 Å². The molecule has 0 aromatic carbocycles. The van der Waals surface area contributed by atoms with Gasteiger partial charge in [0.25, 0.3) is 5.91 Å². The Bertz CT molecular complexity index is 871. The fourth-order valence-electron chi connectivity index (χ4n) is 3.97. The maximum absolute atomic E-state index is 12.5. The molecule has 2 aromatic heterocycles. The van der Waals surface area contributed by atoms with Gasteiger partial charge in [-0.25, -0.2) is 4.98 Å². The summed E-state index contributed by atoms with van der Waals surface area (Å²) in [7, 11) is 0. The Balaban J connectivity index is 1.36. The van der Waals surface area contributed by atoms with Crippen molar-refractivity contribution in [1.82, 2.24) is 15.3 Å². The molecule has 1 spiro atoms. The number of thiophene rings is 1. The van der Waals surface area contributed by atoms with E-state index in [0.717, 1.165) is 50.1 Å². The number of amides is 1. The highest BCUT2D eigenvalue weighted by molar-refractivity contribution is 7.14. The Morgan fingerprint density at radius 2 is 2.19 bits per heavy atom. The van der Waals surface area contributed by atoms with Crippen LogP contribution in [0, 0.1) is 0 Å². The van der Waals surface area contributed by atoms with E-state index in [1.807, 2.05) is 0 Å². The minimum Gasteiger partial charge on any atom is -0.384 e. The predicted molar refractivity (Wildman–Crippen MR) is 104 cm³/mol. The largest absolute Gasteiger partial charge is 0.384 e. The fraction of sp³-hybridized carbons (Fsp3) is 0.526. The highest BCUT2D eigenvalue weighted by Gasteiger charge is 2.43. The molecule has 0 radical (unpaired) electrons. The van der Waals surface area contributed by atoms with Crippen LogP contribution in [0.5, 0.6) is 0 Å². The van der Waals surface area contributed by atoms with Gasteiger partial charge < -0.3 is 20.7 Å². The quantitative estimate of drug-likeness (QED) is 0.840. The van der Waals surface area contributed by atoms with Gasteiger partial charge in [0.2, 0.25) is 5.95 Å². The number of piperidine rings is 1. The molecule has 142 valence electrons. The second-order valence-electron chi connectivity index (χ2n) is 7.57. The molecule has 1 aliphatic carbocycles. The summed E-state index contributed by atoms with van der Waals surface area (Å²) in [5, 5.41) is 3.10. The van der Waals surface area contributed by atoms with Gasteiger partial charge in [-0.3, -0.25) is 4.79 Å². The number of nitrogens with two attached hydrogens (primary N) is 1. The van der Waals surface area contributed by atoms with Crippen molar-refractivity contribution in [2.75, 3.05) is 30.3 Å². The van der Waals surface area contributed by atoms with Crippen LogP contribution >= 0.6 is 11.3 Å². The number of aromatic nitrogens is 2. The number of nitrogen functional groups attached to an aromatic ring is 1. The van der Waals surface area contributed by atoms with Crippen molar-refractivity contribution < 1.29 is 9.53 Å². The molecule has 3 aliphatic rings. The van der Waals surface area contributed by atoms with Gasteiger partial charge in [-0.15, -0.1) is 11.3 Å². The first-order valence-corrected chi connectivity index (χ1v) is 10.4. The van der Waals surface area contributed by atoms with Gasteiger partial charge in [0.05, 0.1) is 11.5 Å². The van der Waals surface area contributed by atoms with Crippen LogP contribution in [0.25, 0.3) is 0 Å². The van der Waals surface area contributed by atoms with Crippen molar-refractivity contribution >= 4 is 29.0 Å². The summed E-state index contributed by atoms with van der Waals surface area (Å²) >= 11 is 1.61. The number of ether oxygens (including phenoxy) is 1. The minimum absolute atomic E-state index is 0.0673. The summed E-state index contributed by atoms with van der Waals surface area (Å²) in [6.45, 7) is 2.33. The lowest BCUT2D eigenvalue weighted by Crippen LogP contribution is -2.46. The van der Waals surface area contributed by atoms with Crippen LogP contribution in [-0.2, 0) is 16.8 Å². The number of anilines is 2. The summed E-state index contributed by atoms with van der Waals surface area (Å²) in [5.74, 6) is 1.23. The Kier molecular flexibility index (Phi) is 4.05. The van der Waals surface area contributed by atoms with Gasteiger partial charge in [0, 0.05) is 30.2 Å². The van der Waals surface area contributed by atoms with Gasteiger partial charge in [0.15, 0.2) is 0 Å². The maximum atomic E-state index is 12.5.